The summed E-state index contributed by atoms with van der Waals surface area (Å²) in [5.74, 6) is 8.73. The standard InChI is InChI=1S/C10H15.C8H12N.Fe/c1-6-7(2)9(4)10(5)8(6)3;1-9(2)7-8-5-3-4-6-8;/h1-5H3;3-6H,7H2,1-2H3;/q;;+2. The number of rotatable bonds is 2. The second kappa shape index (κ2) is 9.49. The molecule has 0 aliphatic heterocycles. The summed E-state index contributed by atoms with van der Waals surface area (Å²) in [6.45, 7) is 12.0. The van der Waals surface area contributed by atoms with Gasteiger partial charge in [0.2, 0.25) is 0 Å². The molecule has 0 spiro atoms. The number of hydrogen-bond acceptors (Lipinski definition) is 1. The van der Waals surface area contributed by atoms with Crippen LogP contribution in [-0.2, 0) is 17.1 Å². The maximum Gasteiger partial charge on any atom is 2.00 e. The third-order valence-electron chi connectivity index (χ3n) is 4.04. The average molecular weight is 313 g/mol. The van der Waals surface area contributed by atoms with Crippen molar-refractivity contribution in [2.75, 3.05) is 20.6 Å². The van der Waals surface area contributed by atoms with Gasteiger partial charge in [0, 0.05) is 6.54 Å². The van der Waals surface area contributed by atoms with Crippen molar-refractivity contribution in [3.63, 3.8) is 0 Å². The van der Waals surface area contributed by atoms with E-state index in [0.717, 1.165) is 6.54 Å². The predicted molar refractivity (Wildman–Crippen MR) is 83.6 cm³/mol. The van der Waals surface area contributed by atoms with E-state index in [1.165, 1.54) is 35.5 Å². The third kappa shape index (κ3) is 5.70. The van der Waals surface area contributed by atoms with E-state index in [9.17, 15) is 0 Å². The van der Waals surface area contributed by atoms with E-state index in [1.807, 2.05) is 0 Å². The largest absolute Gasteiger partial charge is 2.00 e. The minimum absolute atomic E-state index is 0. The van der Waals surface area contributed by atoms with E-state index in [1.54, 1.807) is 0 Å². The summed E-state index contributed by atoms with van der Waals surface area (Å²) in [6.07, 6.45) is 8.41. The van der Waals surface area contributed by atoms with Crippen LogP contribution in [0.5, 0.6) is 0 Å². The molecule has 0 saturated heterocycles. The van der Waals surface area contributed by atoms with Crippen LogP contribution in [0.1, 0.15) is 34.6 Å². The molecule has 2 fully saturated rings. The zero-order chi connectivity index (χ0) is 14.6. The normalized spacial score (nSPS) is 24.0. The van der Waals surface area contributed by atoms with Crippen LogP contribution in [0.25, 0.3) is 0 Å². The van der Waals surface area contributed by atoms with Gasteiger partial charge in [-0.1, -0.05) is 34.6 Å². The van der Waals surface area contributed by atoms with Crippen LogP contribution in [0.2, 0.25) is 0 Å². The van der Waals surface area contributed by atoms with Crippen molar-refractivity contribution >= 4 is 0 Å². The zero-order valence-electron chi connectivity index (χ0n) is 13.8. The summed E-state index contributed by atoms with van der Waals surface area (Å²) in [5.41, 5.74) is 0. The molecule has 2 saturated carbocycles. The Morgan fingerprint density at radius 2 is 1.00 bits per heavy atom. The summed E-state index contributed by atoms with van der Waals surface area (Å²) in [7, 11) is 4.15. The number of hydrogen-bond donors (Lipinski definition) is 0. The number of nitrogens with zero attached hydrogens (tertiary/aromatic N) is 1. The smallest absolute Gasteiger partial charge is 0.309 e. The fourth-order valence-electron chi connectivity index (χ4n) is 2.29. The Balaban J connectivity index is 0.000000345. The molecule has 2 rings (SSSR count). The predicted octanol–water partition coefficient (Wildman–Crippen LogP) is 3.92. The van der Waals surface area contributed by atoms with Gasteiger partial charge in [0.15, 0.2) is 0 Å². The first-order chi connectivity index (χ1) is 8.84. The van der Waals surface area contributed by atoms with Crippen molar-refractivity contribution in [1.82, 2.24) is 4.90 Å². The van der Waals surface area contributed by atoms with Crippen LogP contribution in [-0.4, -0.2) is 25.5 Å². The van der Waals surface area contributed by atoms with Gasteiger partial charge in [-0.2, -0.15) is 0 Å². The van der Waals surface area contributed by atoms with Gasteiger partial charge in [0.1, 0.15) is 0 Å². The quantitative estimate of drug-likeness (QED) is 0.698. The van der Waals surface area contributed by atoms with Gasteiger partial charge >= 0.3 is 17.1 Å². The van der Waals surface area contributed by atoms with Crippen molar-refractivity contribution in [3.8, 4) is 0 Å². The molecule has 0 aromatic carbocycles. The first kappa shape index (κ1) is 20.5. The van der Waals surface area contributed by atoms with Gasteiger partial charge in [-0.25, -0.2) is 0 Å². The van der Waals surface area contributed by atoms with Crippen LogP contribution in [0.4, 0.5) is 0 Å². The van der Waals surface area contributed by atoms with Gasteiger partial charge in [0.25, 0.3) is 0 Å². The molecule has 0 amide bonds. The second-order valence-electron chi connectivity index (χ2n) is 5.66. The van der Waals surface area contributed by atoms with Gasteiger partial charge in [-0.05, 0) is 75.3 Å². The van der Waals surface area contributed by atoms with Crippen molar-refractivity contribution < 1.29 is 17.1 Å². The van der Waals surface area contributed by atoms with E-state index in [0.29, 0.717) is 0 Å². The van der Waals surface area contributed by atoms with E-state index in [4.69, 9.17) is 0 Å². The van der Waals surface area contributed by atoms with Gasteiger partial charge in [-0.3, -0.25) is 0 Å². The van der Waals surface area contributed by atoms with Gasteiger partial charge < -0.3 is 4.90 Å². The molecule has 20 heavy (non-hydrogen) atoms. The Morgan fingerprint density at radius 3 is 1.25 bits per heavy atom. The topological polar surface area (TPSA) is 3.24 Å². The molecular weight excluding hydrogens is 286 g/mol. The summed E-state index contributed by atoms with van der Waals surface area (Å²) < 4.78 is 0. The summed E-state index contributed by atoms with van der Waals surface area (Å²) in [6, 6.07) is 0. The van der Waals surface area contributed by atoms with E-state index < -0.39 is 0 Å². The van der Waals surface area contributed by atoms with Gasteiger partial charge in [-0.15, -0.1) is 0 Å². The Kier molecular flexibility index (Phi) is 9.71. The molecule has 0 atom stereocenters. The van der Waals surface area contributed by atoms with E-state index >= 15 is 0 Å². The molecule has 1 nitrogen and oxygen atoms in total. The zero-order valence-corrected chi connectivity index (χ0v) is 14.9. The third-order valence-corrected chi connectivity index (χ3v) is 4.04. The van der Waals surface area contributed by atoms with Crippen LogP contribution in [0.3, 0.4) is 0 Å². The van der Waals surface area contributed by atoms with Crippen LogP contribution in [0, 0.1) is 61.2 Å². The average Bonchev–Trinajstić information content (AvgIpc) is 2.91. The summed E-state index contributed by atoms with van der Waals surface area (Å²) in [5, 5.41) is 0. The van der Waals surface area contributed by atoms with Crippen molar-refractivity contribution in [2.45, 2.75) is 34.6 Å². The Labute approximate surface area is 138 Å². The Hall–Kier alpha value is 0.479. The SMILES string of the molecule is CN(C)C[C]1[CH][CH][CH][CH]1.C[C]1[C](C)[C](C)[C](C)[C]1C.[Fe+2]. The van der Waals surface area contributed by atoms with E-state index in [-0.39, 0.29) is 17.1 Å². The molecule has 2 aliphatic carbocycles. The van der Waals surface area contributed by atoms with Crippen molar-refractivity contribution in [2.24, 2.45) is 0 Å². The Morgan fingerprint density at radius 1 is 0.700 bits per heavy atom. The monoisotopic (exact) mass is 313 g/mol. The van der Waals surface area contributed by atoms with Crippen LogP contribution < -0.4 is 0 Å². The fraction of sp³-hybridized carbons (Fsp3) is 0.444. The molecule has 0 N–H and O–H groups in total. The maximum atomic E-state index is 2.20. The first-order valence-corrected chi connectivity index (χ1v) is 6.89. The molecule has 0 heterocycles. The van der Waals surface area contributed by atoms with Gasteiger partial charge in [0.05, 0.1) is 0 Å². The molecule has 2 aliphatic rings. The molecule has 0 aromatic rings. The maximum absolute atomic E-state index is 2.20. The fourth-order valence-corrected chi connectivity index (χ4v) is 2.29. The van der Waals surface area contributed by atoms with E-state index in [2.05, 4.69) is 79.3 Å². The minimum atomic E-state index is 0. The summed E-state index contributed by atoms with van der Waals surface area (Å²) >= 11 is 0. The molecule has 110 valence electrons. The molecule has 0 aromatic heterocycles. The Bertz CT molecular complexity index is 203. The van der Waals surface area contributed by atoms with Crippen LogP contribution >= 0.6 is 0 Å². The molecule has 10 radical (unpaired) electrons. The van der Waals surface area contributed by atoms with Crippen molar-refractivity contribution in [3.05, 3.63) is 61.2 Å². The molecule has 2 heteroatoms. The van der Waals surface area contributed by atoms with Crippen molar-refractivity contribution in [1.29, 1.82) is 0 Å². The van der Waals surface area contributed by atoms with Crippen LogP contribution in [0.15, 0.2) is 0 Å². The molecule has 0 bridgehead atoms. The molecule has 0 unspecified atom stereocenters. The second-order valence-corrected chi connectivity index (χ2v) is 5.66. The first-order valence-electron chi connectivity index (χ1n) is 6.89. The summed E-state index contributed by atoms with van der Waals surface area (Å²) in [4.78, 5) is 2.16. The molecular formula is C18H27FeN+2. The minimum Gasteiger partial charge on any atom is -0.309 e.